The Morgan fingerprint density at radius 3 is 2.55 bits per heavy atom. The van der Waals surface area contributed by atoms with E-state index in [2.05, 4.69) is 10.0 Å². The van der Waals surface area contributed by atoms with Gasteiger partial charge in [-0.3, -0.25) is 4.79 Å². The molecule has 7 nitrogen and oxygen atoms in total. The number of carbonyl (C=O) groups is 1. The Kier molecular flexibility index (Phi) is 5.73. The molecule has 0 aliphatic rings. The first-order chi connectivity index (χ1) is 9.29. The molecule has 114 valence electrons. The van der Waals surface area contributed by atoms with Crippen molar-refractivity contribution in [3.8, 4) is 0 Å². The van der Waals surface area contributed by atoms with Gasteiger partial charge in [0.2, 0.25) is 10.0 Å². The molecule has 2 N–H and O–H groups in total. The summed E-state index contributed by atoms with van der Waals surface area (Å²) in [4.78, 5) is 13.4. The third-order valence-corrected chi connectivity index (χ3v) is 4.19. The third-order valence-electron chi connectivity index (χ3n) is 2.76. The van der Waals surface area contributed by atoms with Crippen LogP contribution in [-0.2, 0) is 17.1 Å². The molecule has 8 heteroatoms. The topological polar surface area (TPSA) is 83.4 Å². The smallest absolute Gasteiger partial charge is 0.269 e. The molecule has 20 heavy (non-hydrogen) atoms. The molecular formula is C12H22N4O3S. The Labute approximate surface area is 120 Å². The fourth-order valence-electron chi connectivity index (χ4n) is 1.66. The van der Waals surface area contributed by atoms with Gasteiger partial charge >= 0.3 is 0 Å². The van der Waals surface area contributed by atoms with Gasteiger partial charge in [-0.25, -0.2) is 13.1 Å². The summed E-state index contributed by atoms with van der Waals surface area (Å²) in [5, 5.41) is 3.03. The number of nitrogens with zero attached hydrogens (tertiary/aromatic N) is 2. The largest absolute Gasteiger partial charge is 0.345 e. The first-order valence-corrected chi connectivity index (χ1v) is 7.86. The van der Waals surface area contributed by atoms with E-state index in [1.165, 1.54) is 21.7 Å². The fourth-order valence-corrected chi connectivity index (χ4v) is 2.76. The van der Waals surface area contributed by atoms with Crippen molar-refractivity contribution in [3.05, 3.63) is 18.0 Å². The van der Waals surface area contributed by atoms with Crippen molar-refractivity contribution in [1.29, 1.82) is 0 Å². The summed E-state index contributed by atoms with van der Waals surface area (Å²) >= 11 is 0. The molecular weight excluding hydrogens is 280 g/mol. The molecule has 0 unspecified atom stereocenters. The van der Waals surface area contributed by atoms with E-state index >= 15 is 0 Å². The lowest BCUT2D eigenvalue weighted by Gasteiger charge is -2.09. The van der Waals surface area contributed by atoms with Gasteiger partial charge in [-0.05, 0) is 12.6 Å². The van der Waals surface area contributed by atoms with Gasteiger partial charge in [0.15, 0.2) is 0 Å². The Morgan fingerprint density at radius 1 is 1.35 bits per heavy atom. The lowest BCUT2D eigenvalue weighted by molar-refractivity contribution is 0.0818. The SMILES string of the molecule is CCNCCNS(=O)(=O)c1cc(C(=O)N(C)C)n(C)c1. The van der Waals surface area contributed by atoms with Crippen LogP contribution in [-0.4, -0.2) is 57.5 Å². The second kappa shape index (κ2) is 6.87. The van der Waals surface area contributed by atoms with Crippen molar-refractivity contribution in [2.45, 2.75) is 11.8 Å². The normalized spacial score (nSPS) is 11.6. The number of likely N-dealkylation sites (N-methyl/N-ethyl adjacent to an activating group) is 1. The standard InChI is InChI=1S/C12H22N4O3S/c1-5-13-6-7-14-20(18,19)10-8-11(16(4)9-10)12(17)15(2)3/h8-9,13-14H,5-7H2,1-4H3. The van der Waals surface area contributed by atoms with Crippen molar-refractivity contribution in [1.82, 2.24) is 19.5 Å². The van der Waals surface area contributed by atoms with Gasteiger partial charge in [-0.15, -0.1) is 0 Å². The van der Waals surface area contributed by atoms with Crippen molar-refractivity contribution in [3.63, 3.8) is 0 Å². The zero-order valence-corrected chi connectivity index (χ0v) is 13.1. The van der Waals surface area contributed by atoms with Gasteiger partial charge in [0.05, 0.1) is 0 Å². The van der Waals surface area contributed by atoms with Crippen LogP contribution in [0.15, 0.2) is 17.2 Å². The summed E-state index contributed by atoms with van der Waals surface area (Å²) in [7, 11) is 1.31. The van der Waals surface area contributed by atoms with Crippen LogP contribution in [0.4, 0.5) is 0 Å². The number of sulfonamides is 1. The second-order valence-electron chi connectivity index (χ2n) is 4.62. The summed E-state index contributed by atoms with van der Waals surface area (Å²) in [6.07, 6.45) is 1.44. The van der Waals surface area contributed by atoms with Crippen LogP contribution in [0, 0.1) is 0 Å². The van der Waals surface area contributed by atoms with Gasteiger partial charge in [0.25, 0.3) is 5.91 Å². The van der Waals surface area contributed by atoms with Crippen molar-refractivity contribution in [2.24, 2.45) is 7.05 Å². The molecule has 0 aliphatic heterocycles. The van der Waals surface area contributed by atoms with E-state index in [4.69, 9.17) is 0 Å². The van der Waals surface area contributed by atoms with Gasteiger partial charge < -0.3 is 14.8 Å². The molecule has 1 aromatic rings. The maximum Gasteiger partial charge on any atom is 0.269 e. The molecule has 1 aromatic heterocycles. The third kappa shape index (κ3) is 4.06. The van der Waals surface area contributed by atoms with Crippen molar-refractivity contribution >= 4 is 15.9 Å². The quantitative estimate of drug-likeness (QED) is 0.672. The lowest BCUT2D eigenvalue weighted by atomic mass is 10.4. The van der Waals surface area contributed by atoms with Crippen LogP contribution in [0.2, 0.25) is 0 Å². The van der Waals surface area contributed by atoms with Crippen LogP contribution >= 0.6 is 0 Å². The van der Waals surface area contributed by atoms with Gasteiger partial charge in [0, 0.05) is 40.4 Å². The first kappa shape index (κ1) is 16.7. The summed E-state index contributed by atoms with van der Waals surface area (Å²) in [6.45, 7) is 3.60. The molecule has 1 amide bonds. The number of rotatable bonds is 7. The van der Waals surface area contributed by atoms with Crippen LogP contribution in [0.3, 0.4) is 0 Å². The molecule has 0 radical (unpaired) electrons. The Bertz CT molecular complexity index is 563. The Morgan fingerprint density at radius 2 is 2.00 bits per heavy atom. The Balaban J connectivity index is 2.86. The number of hydrogen-bond acceptors (Lipinski definition) is 4. The Hall–Kier alpha value is -1.38. The van der Waals surface area contributed by atoms with Crippen LogP contribution in [0.1, 0.15) is 17.4 Å². The van der Waals surface area contributed by atoms with E-state index in [0.717, 1.165) is 6.54 Å². The zero-order chi connectivity index (χ0) is 15.3. The number of hydrogen-bond donors (Lipinski definition) is 2. The highest BCUT2D eigenvalue weighted by molar-refractivity contribution is 7.89. The molecule has 0 aliphatic carbocycles. The fraction of sp³-hybridized carbons (Fsp3) is 0.583. The summed E-state index contributed by atoms with van der Waals surface area (Å²) < 4.78 is 28.2. The van der Waals surface area contributed by atoms with Crippen LogP contribution in [0.5, 0.6) is 0 Å². The number of nitrogens with one attached hydrogen (secondary N) is 2. The average Bonchev–Trinajstić information content (AvgIpc) is 2.76. The summed E-state index contributed by atoms with van der Waals surface area (Å²) in [6, 6.07) is 1.39. The summed E-state index contributed by atoms with van der Waals surface area (Å²) in [5.41, 5.74) is 0.335. The van der Waals surface area contributed by atoms with E-state index in [1.54, 1.807) is 21.1 Å². The van der Waals surface area contributed by atoms with E-state index in [9.17, 15) is 13.2 Å². The van der Waals surface area contributed by atoms with Gasteiger partial charge in [-0.2, -0.15) is 0 Å². The van der Waals surface area contributed by atoms with E-state index < -0.39 is 10.0 Å². The van der Waals surface area contributed by atoms with Crippen LogP contribution in [0.25, 0.3) is 0 Å². The predicted molar refractivity (Wildman–Crippen MR) is 77.2 cm³/mol. The first-order valence-electron chi connectivity index (χ1n) is 6.38. The van der Waals surface area contributed by atoms with Crippen molar-refractivity contribution < 1.29 is 13.2 Å². The molecule has 0 fully saturated rings. The molecule has 0 atom stereocenters. The number of amides is 1. The van der Waals surface area contributed by atoms with E-state index in [-0.39, 0.29) is 10.8 Å². The maximum atomic E-state index is 12.1. The molecule has 0 saturated heterocycles. The molecule has 0 aromatic carbocycles. The average molecular weight is 302 g/mol. The minimum atomic E-state index is -3.58. The minimum Gasteiger partial charge on any atom is -0.345 e. The van der Waals surface area contributed by atoms with Crippen molar-refractivity contribution in [2.75, 3.05) is 33.7 Å². The molecule has 1 rings (SSSR count). The lowest BCUT2D eigenvalue weighted by Crippen LogP contribution is -2.31. The molecule has 0 saturated carbocycles. The van der Waals surface area contributed by atoms with E-state index in [0.29, 0.717) is 18.8 Å². The zero-order valence-electron chi connectivity index (χ0n) is 12.3. The van der Waals surface area contributed by atoms with Gasteiger partial charge in [0.1, 0.15) is 10.6 Å². The highest BCUT2D eigenvalue weighted by atomic mass is 32.2. The second-order valence-corrected chi connectivity index (χ2v) is 6.39. The number of aromatic nitrogens is 1. The predicted octanol–water partition coefficient (Wildman–Crippen LogP) is -0.385. The highest BCUT2D eigenvalue weighted by Gasteiger charge is 2.20. The monoisotopic (exact) mass is 302 g/mol. The highest BCUT2D eigenvalue weighted by Crippen LogP contribution is 2.14. The molecule has 1 heterocycles. The molecule has 0 spiro atoms. The van der Waals surface area contributed by atoms with Crippen LogP contribution < -0.4 is 10.0 Å². The number of aryl methyl sites for hydroxylation is 1. The maximum absolute atomic E-state index is 12.1. The van der Waals surface area contributed by atoms with E-state index in [1.807, 2.05) is 6.92 Å². The minimum absolute atomic E-state index is 0.0988. The van der Waals surface area contributed by atoms with Gasteiger partial charge in [-0.1, -0.05) is 6.92 Å². The molecule has 0 bridgehead atoms. The summed E-state index contributed by atoms with van der Waals surface area (Å²) in [5.74, 6) is -0.235. The number of carbonyl (C=O) groups excluding carboxylic acids is 1.